The SMILES string of the molecule is O=C(Nc1ccc(OCc2ccccn2)c(Cl)c1)N[C@H](CO)c1ccccc1. The molecule has 0 bridgehead atoms. The van der Waals surface area contributed by atoms with Gasteiger partial charge in [0.15, 0.2) is 0 Å². The molecule has 1 aromatic heterocycles. The maximum absolute atomic E-state index is 12.2. The maximum Gasteiger partial charge on any atom is 0.319 e. The van der Waals surface area contributed by atoms with Gasteiger partial charge in [-0.15, -0.1) is 0 Å². The van der Waals surface area contributed by atoms with Crippen LogP contribution < -0.4 is 15.4 Å². The highest BCUT2D eigenvalue weighted by Crippen LogP contribution is 2.28. The zero-order valence-electron chi connectivity index (χ0n) is 15.0. The Kier molecular flexibility index (Phi) is 6.84. The number of hydrogen-bond acceptors (Lipinski definition) is 4. The summed E-state index contributed by atoms with van der Waals surface area (Å²) in [4.78, 5) is 16.4. The van der Waals surface area contributed by atoms with Crippen molar-refractivity contribution in [3.05, 3.63) is 89.2 Å². The summed E-state index contributed by atoms with van der Waals surface area (Å²) in [6.45, 7) is 0.0849. The van der Waals surface area contributed by atoms with E-state index in [0.29, 0.717) is 23.1 Å². The Hall–Kier alpha value is -3.09. The van der Waals surface area contributed by atoms with Crippen LogP contribution in [0.1, 0.15) is 17.3 Å². The van der Waals surface area contributed by atoms with Gasteiger partial charge in [0.05, 0.1) is 23.4 Å². The number of aliphatic hydroxyl groups is 1. The molecule has 1 heterocycles. The van der Waals surface area contributed by atoms with E-state index in [1.165, 1.54) is 0 Å². The number of nitrogens with one attached hydrogen (secondary N) is 2. The fourth-order valence-electron chi connectivity index (χ4n) is 2.58. The lowest BCUT2D eigenvalue weighted by Crippen LogP contribution is -2.34. The largest absolute Gasteiger partial charge is 0.486 e. The van der Waals surface area contributed by atoms with Crippen LogP contribution in [-0.4, -0.2) is 22.7 Å². The van der Waals surface area contributed by atoms with Gasteiger partial charge in [-0.1, -0.05) is 48.0 Å². The number of benzene rings is 2. The highest BCUT2D eigenvalue weighted by atomic mass is 35.5. The van der Waals surface area contributed by atoms with Crippen LogP contribution in [-0.2, 0) is 6.61 Å². The normalized spacial score (nSPS) is 11.5. The molecule has 2 aromatic carbocycles. The lowest BCUT2D eigenvalue weighted by Gasteiger charge is -2.17. The van der Waals surface area contributed by atoms with Crippen LogP contribution in [0.4, 0.5) is 10.5 Å². The molecule has 6 nitrogen and oxygen atoms in total. The smallest absolute Gasteiger partial charge is 0.319 e. The Bertz CT molecular complexity index is 907. The molecule has 0 saturated heterocycles. The highest BCUT2D eigenvalue weighted by Gasteiger charge is 2.14. The molecular formula is C21H20ClN3O3. The number of pyridine rings is 1. The van der Waals surface area contributed by atoms with Crippen molar-refractivity contribution in [2.75, 3.05) is 11.9 Å². The summed E-state index contributed by atoms with van der Waals surface area (Å²) in [6.07, 6.45) is 1.70. The zero-order chi connectivity index (χ0) is 19.8. The Morgan fingerprint density at radius 2 is 1.89 bits per heavy atom. The van der Waals surface area contributed by atoms with Gasteiger partial charge in [-0.3, -0.25) is 4.98 Å². The summed E-state index contributed by atoms with van der Waals surface area (Å²) in [5.74, 6) is 0.496. The van der Waals surface area contributed by atoms with Gasteiger partial charge in [-0.2, -0.15) is 0 Å². The number of halogens is 1. The third kappa shape index (κ3) is 5.45. The maximum atomic E-state index is 12.2. The number of ether oxygens (including phenoxy) is 1. The molecular weight excluding hydrogens is 378 g/mol. The van der Waals surface area contributed by atoms with Crippen molar-refractivity contribution in [1.82, 2.24) is 10.3 Å². The third-order valence-electron chi connectivity index (χ3n) is 3.98. The van der Waals surface area contributed by atoms with E-state index in [0.717, 1.165) is 11.3 Å². The highest BCUT2D eigenvalue weighted by molar-refractivity contribution is 6.32. The number of hydrogen-bond donors (Lipinski definition) is 3. The summed E-state index contributed by atoms with van der Waals surface area (Å²) < 4.78 is 5.67. The van der Waals surface area contributed by atoms with Gasteiger partial charge < -0.3 is 20.5 Å². The molecule has 28 heavy (non-hydrogen) atoms. The van der Waals surface area contributed by atoms with Gasteiger partial charge in [0.1, 0.15) is 12.4 Å². The monoisotopic (exact) mass is 397 g/mol. The Labute approximate surface area is 168 Å². The van der Waals surface area contributed by atoms with Crippen molar-refractivity contribution in [3.8, 4) is 5.75 Å². The van der Waals surface area contributed by atoms with Crippen LogP contribution in [0, 0.1) is 0 Å². The van der Waals surface area contributed by atoms with E-state index in [9.17, 15) is 9.90 Å². The molecule has 0 radical (unpaired) electrons. The molecule has 0 spiro atoms. The molecule has 2 amide bonds. The third-order valence-corrected chi connectivity index (χ3v) is 4.28. The molecule has 0 unspecified atom stereocenters. The van der Waals surface area contributed by atoms with E-state index in [1.807, 2.05) is 48.5 Å². The number of amides is 2. The van der Waals surface area contributed by atoms with Crippen molar-refractivity contribution in [2.45, 2.75) is 12.6 Å². The molecule has 0 fully saturated rings. The van der Waals surface area contributed by atoms with Gasteiger partial charge in [-0.05, 0) is 35.9 Å². The Balaban J connectivity index is 1.58. The topological polar surface area (TPSA) is 83.5 Å². The van der Waals surface area contributed by atoms with Crippen molar-refractivity contribution in [3.63, 3.8) is 0 Å². The molecule has 0 aliphatic rings. The van der Waals surface area contributed by atoms with Crippen LogP contribution in [0.15, 0.2) is 72.9 Å². The average molecular weight is 398 g/mol. The minimum Gasteiger partial charge on any atom is -0.486 e. The van der Waals surface area contributed by atoms with Crippen molar-refractivity contribution >= 4 is 23.3 Å². The molecule has 3 N–H and O–H groups in total. The molecule has 0 aliphatic carbocycles. The minimum absolute atomic E-state index is 0.210. The van der Waals surface area contributed by atoms with E-state index in [-0.39, 0.29) is 6.61 Å². The number of anilines is 1. The van der Waals surface area contributed by atoms with Crippen molar-refractivity contribution in [2.24, 2.45) is 0 Å². The first-order valence-corrected chi connectivity index (χ1v) is 9.09. The quantitative estimate of drug-likeness (QED) is 0.558. The van der Waals surface area contributed by atoms with Crippen molar-refractivity contribution < 1.29 is 14.6 Å². The fourth-order valence-corrected chi connectivity index (χ4v) is 2.81. The summed E-state index contributed by atoms with van der Waals surface area (Å²) in [6, 6.07) is 18.9. The second-order valence-corrected chi connectivity index (χ2v) is 6.41. The van der Waals surface area contributed by atoms with Crippen LogP contribution in [0.2, 0.25) is 5.02 Å². The summed E-state index contributed by atoms with van der Waals surface area (Å²) in [5.41, 5.74) is 2.12. The zero-order valence-corrected chi connectivity index (χ0v) is 15.8. The Morgan fingerprint density at radius 3 is 2.57 bits per heavy atom. The van der Waals surface area contributed by atoms with Crippen LogP contribution in [0.5, 0.6) is 5.75 Å². The van der Waals surface area contributed by atoms with Gasteiger partial charge >= 0.3 is 6.03 Å². The van der Waals surface area contributed by atoms with Gasteiger partial charge in [0.25, 0.3) is 0 Å². The number of carbonyl (C=O) groups excluding carboxylic acids is 1. The number of urea groups is 1. The lowest BCUT2D eigenvalue weighted by molar-refractivity contribution is 0.225. The molecule has 144 valence electrons. The number of aliphatic hydroxyl groups excluding tert-OH is 1. The van der Waals surface area contributed by atoms with Gasteiger partial charge in [0, 0.05) is 11.9 Å². The average Bonchev–Trinajstić information content (AvgIpc) is 2.73. The minimum atomic E-state index is -0.502. The number of nitrogens with zero attached hydrogens (tertiary/aromatic N) is 1. The first kappa shape index (κ1) is 19.7. The first-order valence-electron chi connectivity index (χ1n) is 8.71. The Morgan fingerprint density at radius 1 is 1.11 bits per heavy atom. The number of carbonyl (C=O) groups is 1. The molecule has 1 atom stereocenters. The summed E-state index contributed by atoms with van der Waals surface area (Å²) in [5, 5.41) is 15.3. The van der Waals surface area contributed by atoms with E-state index < -0.39 is 12.1 Å². The fraction of sp³-hybridized carbons (Fsp3) is 0.143. The first-order chi connectivity index (χ1) is 13.7. The number of rotatable bonds is 7. The van der Waals surface area contributed by atoms with Crippen LogP contribution >= 0.6 is 11.6 Å². The second kappa shape index (κ2) is 9.73. The summed E-state index contributed by atoms with van der Waals surface area (Å²) >= 11 is 6.25. The van der Waals surface area contributed by atoms with E-state index in [4.69, 9.17) is 16.3 Å². The number of aromatic nitrogens is 1. The predicted molar refractivity (Wildman–Crippen MR) is 108 cm³/mol. The van der Waals surface area contributed by atoms with E-state index in [1.54, 1.807) is 24.4 Å². The molecule has 3 aromatic rings. The molecule has 7 heteroatoms. The summed E-state index contributed by atoms with van der Waals surface area (Å²) in [7, 11) is 0. The standard InChI is InChI=1S/C21H20ClN3O3/c22-18-12-16(9-10-20(18)28-14-17-8-4-5-11-23-17)24-21(27)25-19(13-26)15-6-2-1-3-7-15/h1-12,19,26H,13-14H2,(H2,24,25,27)/t19-/m1/s1. The lowest BCUT2D eigenvalue weighted by atomic mass is 10.1. The van der Waals surface area contributed by atoms with Crippen LogP contribution in [0.25, 0.3) is 0 Å². The van der Waals surface area contributed by atoms with E-state index in [2.05, 4.69) is 15.6 Å². The van der Waals surface area contributed by atoms with Crippen LogP contribution in [0.3, 0.4) is 0 Å². The van der Waals surface area contributed by atoms with Gasteiger partial charge in [0.2, 0.25) is 0 Å². The molecule has 3 rings (SSSR count). The second-order valence-electron chi connectivity index (χ2n) is 6.00. The molecule has 0 aliphatic heterocycles. The predicted octanol–water partition coefficient (Wildman–Crippen LogP) is 4.17. The van der Waals surface area contributed by atoms with E-state index >= 15 is 0 Å². The van der Waals surface area contributed by atoms with Gasteiger partial charge in [-0.25, -0.2) is 4.79 Å². The van der Waals surface area contributed by atoms with Crippen molar-refractivity contribution in [1.29, 1.82) is 0 Å². The molecule has 0 saturated carbocycles.